The van der Waals surface area contributed by atoms with Crippen LogP contribution in [0.25, 0.3) is 6.08 Å². The van der Waals surface area contributed by atoms with Crippen molar-refractivity contribution in [2.24, 2.45) is 5.92 Å². The largest absolute Gasteiger partial charge is 0.379 e. The van der Waals surface area contributed by atoms with Crippen molar-refractivity contribution in [3.8, 4) is 6.07 Å². The molecule has 1 aromatic heterocycles. The van der Waals surface area contributed by atoms with Crippen LogP contribution in [0.15, 0.2) is 35.9 Å². The van der Waals surface area contributed by atoms with E-state index in [-0.39, 0.29) is 11.5 Å². The molecule has 1 aliphatic rings. The number of anilines is 1. The Morgan fingerprint density at radius 1 is 1.26 bits per heavy atom. The molecule has 0 spiro atoms. The van der Waals surface area contributed by atoms with Gasteiger partial charge in [-0.15, -0.1) is 0 Å². The minimum atomic E-state index is -0.389. The highest BCUT2D eigenvalue weighted by molar-refractivity contribution is 6.09. The van der Waals surface area contributed by atoms with Crippen molar-refractivity contribution in [1.82, 2.24) is 9.47 Å². The van der Waals surface area contributed by atoms with E-state index >= 15 is 0 Å². The quantitative estimate of drug-likeness (QED) is 0.540. The Bertz CT molecular complexity index is 991. The van der Waals surface area contributed by atoms with Crippen LogP contribution in [-0.4, -0.2) is 41.7 Å². The van der Waals surface area contributed by atoms with Crippen molar-refractivity contribution in [3.05, 3.63) is 58.4 Å². The van der Waals surface area contributed by atoms with Crippen molar-refractivity contribution < 1.29 is 9.53 Å². The number of nitriles is 1. The van der Waals surface area contributed by atoms with Crippen LogP contribution in [0.3, 0.4) is 0 Å². The molecule has 164 valence electrons. The molecule has 2 heterocycles. The molecule has 0 bridgehead atoms. The van der Waals surface area contributed by atoms with E-state index in [1.54, 1.807) is 6.08 Å². The smallest absolute Gasteiger partial charge is 0.266 e. The highest BCUT2D eigenvalue weighted by Gasteiger charge is 2.15. The van der Waals surface area contributed by atoms with E-state index in [4.69, 9.17) is 4.74 Å². The number of aromatic nitrogens is 1. The summed E-state index contributed by atoms with van der Waals surface area (Å²) in [6.07, 6.45) is 1.69. The van der Waals surface area contributed by atoms with Gasteiger partial charge in [0.05, 0.1) is 13.2 Å². The third-order valence-corrected chi connectivity index (χ3v) is 5.52. The van der Waals surface area contributed by atoms with E-state index in [2.05, 4.69) is 47.7 Å². The summed E-state index contributed by atoms with van der Waals surface area (Å²) in [5, 5.41) is 12.5. The lowest BCUT2D eigenvalue weighted by molar-refractivity contribution is -0.112. The summed E-state index contributed by atoms with van der Waals surface area (Å²) in [5.74, 6) is 0.129. The van der Waals surface area contributed by atoms with Crippen LogP contribution in [0.5, 0.6) is 0 Å². The number of ether oxygens (including phenoxy) is 1. The standard InChI is InChI=1S/C25H32N4O2/c1-18(2)16-29-19(3)12-22(20(29)4)14-23(15-26)25(30)27-24-7-5-6-21(13-24)17-28-8-10-31-11-9-28/h5-7,12-14,18H,8-11,16-17H2,1-4H3,(H,27,30)/b23-14-. The van der Waals surface area contributed by atoms with Gasteiger partial charge in [0.1, 0.15) is 11.6 Å². The van der Waals surface area contributed by atoms with Crippen molar-refractivity contribution >= 4 is 17.7 Å². The number of aryl methyl sites for hydroxylation is 1. The summed E-state index contributed by atoms with van der Waals surface area (Å²) in [4.78, 5) is 15.1. The molecule has 6 nitrogen and oxygen atoms in total. The van der Waals surface area contributed by atoms with E-state index < -0.39 is 0 Å². The van der Waals surface area contributed by atoms with Crippen LogP contribution >= 0.6 is 0 Å². The normalized spacial score (nSPS) is 15.2. The van der Waals surface area contributed by atoms with Gasteiger partial charge in [0, 0.05) is 43.3 Å². The van der Waals surface area contributed by atoms with Crippen LogP contribution in [-0.2, 0) is 22.6 Å². The molecule has 0 aliphatic carbocycles. The van der Waals surface area contributed by atoms with Gasteiger partial charge in [0.2, 0.25) is 0 Å². The van der Waals surface area contributed by atoms with Crippen LogP contribution in [0, 0.1) is 31.1 Å². The Morgan fingerprint density at radius 3 is 2.68 bits per heavy atom. The van der Waals surface area contributed by atoms with Crippen LogP contribution in [0.1, 0.15) is 36.4 Å². The number of carbonyl (C=O) groups is 1. The Balaban J connectivity index is 1.73. The second-order valence-corrected chi connectivity index (χ2v) is 8.54. The number of morpholine rings is 1. The first kappa shape index (κ1) is 22.8. The second-order valence-electron chi connectivity index (χ2n) is 8.54. The zero-order chi connectivity index (χ0) is 22.4. The maximum atomic E-state index is 12.8. The molecule has 1 saturated heterocycles. The molecule has 1 aliphatic heterocycles. The summed E-state index contributed by atoms with van der Waals surface area (Å²) in [6, 6.07) is 11.9. The second kappa shape index (κ2) is 10.4. The lowest BCUT2D eigenvalue weighted by Gasteiger charge is -2.26. The first-order valence-corrected chi connectivity index (χ1v) is 10.9. The minimum Gasteiger partial charge on any atom is -0.379 e. The average molecular weight is 421 g/mol. The van der Waals surface area contributed by atoms with E-state index in [1.807, 2.05) is 31.2 Å². The van der Waals surface area contributed by atoms with E-state index in [0.29, 0.717) is 11.6 Å². The Kier molecular flexibility index (Phi) is 7.67. The topological polar surface area (TPSA) is 70.3 Å². The van der Waals surface area contributed by atoms with E-state index in [9.17, 15) is 10.1 Å². The van der Waals surface area contributed by atoms with Gasteiger partial charge in [-0.05, 0) is 55.2 Å². The average Bonchev–Trinajstić information content (AvgIpc) is 3.00. The Hall–Kier alpha value is -2.88. The molecule has 1 aromatic carbocycles. The number of carbonyl (C=O) groups excluding carboxylic acids is 1. The highest BCUT2D eigenvalue weighted by Crippen LogP contribution is 2.21. The predicted octanol–water partition coefficient (Wildman–Crippen LogP) is 4.14. The van der Waals surface area contributed by atoms with Gasteiger partial charge in [-0.1, -0.05) is 26.0 Å². The Morgan fingerprint density at radius 2 is 2.00 bits per heavy atom. The van der Waals surface area contributed by atoms with Gasteiger partial charge < -0.3 is 14.6 Å². The summed E-state index contributed by atoms with van der Waals surface area (Å²) < 4.78 is 7.63. The summed E-state index contributed by atoms with van der Waals surface area (Å²) >= 11 is 0. The molecule has 1 fully saturated rings. The number of benzene rings is 1. The number of nitrogens with zero attached hydrogens (tertiary/aromatic N) is 3. The molecule has 1 N–H and O–H groups in total. The van der Waals surface area contributed by atoms with Crippen molar-refractivity contribution in [2.75, 3.05) is 31.6 Å². The van der Waals surface area contributed by atoms with Gasteiger partial charge in [-0.3, -0.25) is 9.69 Å². The van der Waals surface area contributed by atoms with Crippen molar-refractivity contribution in [1.29, 1.82) is 5.26 Å². The third-order valence-electron chi connectivity index (χ3n) is 5.52. The minimum absolute atomic E-state index is 0.100. The van der Waals surface area contributed by atoms with Crippen molar-refractivity contribution in [3.63, 3.8) is 0 Å². The lowest BCUT2D eigenvalue weighted by atomic mass is 10.1. The van der Waals surface area contributed by atoms with Gasteiger partial charge in [0.15, 0.2) is 0 Å². The lowest BCUT2D eigenvalue weighted by Crippen LogP contribution is -2.35. The fourth-order valence-electron chi connectivity index (χ4n) is 3.89. The van der Waals surface area contributed by atoms with E-state index in [0.717, 1.165) is 61.9 Å². The number of hydrogen-bond acceptors (Lipinski definition) is 4. The summed E-state index contributed by atoms with van der Waals surface area (Å²) in [7, 11) is 0. The molecule has 0 radical (unpaired) electrons. The SMILES string of the molecule is Cc1cc(/C=C(/C#N)C(=O)Nc2cccc(CN3CCOCC3)c2)c(C)n1CC(C)C. The molecular formula is C25H32N4O2. The molecule has 2 aromatic rings. The molecule has 0 atom stereocenters. The molecule has 0 unspecified atom stereocenters. The molecular weight excluding hydrogens is 388 g/mol. The number of nitrogens with one attached hydrogen (secondary N) is 1. The van der Waals surface area contributed by atoms with Gasteiger partial charge in [-0.2, -0.15) is 5.26 Å². The van der Waals surface area contributed by atoms with Gasteiger partial charge in [0.25, 0.3) is 5.91 Å². The highest BCUT2D eigenvalue weighted by atomic mass is 16.5. The van der Waals surface area contributed by atoms with Crippen molar-refractivity contribution in [2.45, 2.75) is 40.8 Å². The monoisotopic (exact) mass is 420 g/mol. The first-order chi connectivity index (χ1) is 14.9. The van der Waals surface area contributed by atoms with Crippen LogP contribution in [0.2, 0.25) is 0 Å². The zero-order valence-corrected chi connectivity index (χ0v) is 18.9. The van der Waals surface area contributed by atoms with Gasteiger partial charge in [-0.25, -0.2) is 0 Å². The molecule has 31 heavy (non-hydrogen) atoms. The molecule has 6 heteroatoms. The summed E-state index contributed by atoms with van der Waals surface area (Å²) in [6.45, 7) is 13.5. The van der Waals surface area contributed by atoms with Crippen LogP contribution in [0.4, 0.5) is 5.69 Å². The predicted molar refractivity (Wildman–Crippen MR) is 124 cm³/mol. The Labute approximate surface area is 185 Å². The fraction of sp³-hybridized carbons (Fsp3) is 0.440. The maximum Gasteiger partial charge on any atom is 0.266 e. The molecule has 0 saturated carbocycles. The first-order valence-electron chi connectivity index (χ1n) is 10.9. The van der Waals surface area contributed by atoms with E-state index in [1.165, 1.54) is 0 Å². The fourth-order valence-corrected chi connectivity index (χ4v) is 3.89. The number of rotatable bonds is 7. The number of hydrogen-bond donors (Lipinski definition) is 1. The summed E-state index contributed by atoms with van der Waals surface area (Å²) in [5.41, 5.74) is 5.03. The third kappa shape index (κ3) is 6.06. The zero-order valence-electron chi connectivity index (χ0n) is 18.9. The van der Waals surface area contributed by atoms with Gasteiger partial charge >= 0.3 is 0 Å². The van der Waals surface area contributed by atoms with Crippen LogP contribution < -0.4 is 5.32 Å². The number of amides is 1. The molecule has 1 amide bonds. The molecule has 3 rings (SSSR count). The maximum absolute atomic E-state index is 12.8.